The number of carbonyl (C=O) groups is 3. The van der Waals surface area contributed by atoms with Crippen molar-refractivity contribution in [3.8, 4) is 0 Å². The number of para-hydroxylation sites is 1. The van der Waals surface area contributed by atoms with Crippen molar-refractivity contribution in [3.63, 3.8) is 0 Å². The summed E-state index contributed by atoms with van der Waals surface area (Å²) in [6.07, 6.45) is 1.56. The quantitative estimate of drug-likeness (QED) is 0.356. The average Bonchev–Trinajstić information content (AvgIpc) is 3.18. The molecule has 0 radical (unpaired) electrons. The van der Waals surface area contributed by atoms with Crippen LogP contribution in [0.5, 0.6) is 0 Å². The van der Waals surface area contributed by atoms with E-state index in [-0.39, 0.29) is 29.9 Å². The van der Waals surface area contributed by atoms with E-state index < -0.39 is 5.97 Å². The fourth-order valence-electron chi connectivity index (χ4n) is 4.98. The number of carboxylic acids is 1. The maximum absolute atomic E-state index is 13.2. The topological polar surface area (TPSA) is 112 Å². The van der Waals surface area contributed by atoms with Crippen LogP contribution in [0, 0.1) is 5.41 Å². The number of carbonyl (C=O) groups excluding carboxylic acids is 2. The molecule has 7 nitrogen and oxygen atoms in total. The predicted octanol–water partition coefficient (Wildman–Crippen LogP) is 5.27. The lowest BCUT2D eigenvalue weighted by atomic mass is 9.74. The zero-order valence-corrected chi connectivity index (χ0v) is 19.8. The first kappa shape index (κ1) is 22.8. The zero-order chi connectivity index (χ0) is 24.7. The average molecular weight is 470 g/mol. The summed E-state index contributed by atoms with van der Waals surface area (Å²) in [7, 11) is 0. The Bertz CT molecular complexity index is 1480. The summed E-state index contributed by atoms with van der Waals surface area (Å²) in [4.78, 5) is 44.3. The van der Waals surface area contributed by atoms with Crippen LogP contribution in [0.2, 0.25) is 0 Å². The maximum atomic E-state index is 13.2. The highest BCUT2D eigenvalue weighted by molar-refractivity contribution is 6.19. The van der Waals surface area contributed by atoms with Gasteiger partial charge in [-0.05, 0) is 35.6 Å². The number of rotatable bonds is 6. The van der Waals surface area contributed by atoms with Crippen molar-refractivity contribution in [2.45, 2.75) is 46.0 Å². The number of benzene rings is 2. The standard InChI is InChI=1S/C28H27N3O4/c1-28(2)14-21-26(22(32)15-28)25-18-5-3-4-6-19(18)31-27(25)20(30-21)13-16-7-9-17(10-8-16)29-23(33)11-12-24(34)35/h3-10,31H,11-15H2,1-2H3,(H,29,33)(H,34,35). The number of hydrogen-bond donors (Lipinski definition) is 3. The Morgan fingerprint density at radius 2 is 1.80 bits per heavy atom. The smallest absolute Gasteiger partial charge is 0.303 e. The van der Waals surface area contributed by atoms with Gasteiger partial charge < -0.3 is 15.4 Å². The normalized spacial score (nSPS) is 14.7. The fourth-order valence-corrected chi connectivity index (χ4v) is 4.98. The summed E-state index contributed by atoms with van der Waals surface area (Å²) in [5.41, 5.74) is 5.88. The Morgan fingerprint density at radius 3 is 2.54 bits per heavy atom. The number of carboxylic acid groups (broad SMARTS) is 1. The van der Waals surface area contributed by atoms with Crippen LogP contribution in [0.4, 0.5) is 5.69 Å². The molecular formula is C28H27N3O4. The molecule has 1 aliphatic carbocycles. The molecule has 7 heteroatoms. The lowest BCUT2D eigenvalue weighted by Crippen LogP contribution is -2.28. The molecule has 0 unspecified atom stereocenters. The molecule has 0 aliphatic heterocycles. The molecule has 2 aromatic heterocycles. The van der Waals surface area contributed by atoms with E-state index in [1.807, 2.05) is 36.4 Å². The second kappa shape index (κ2) is 8.65. The molecule has 0 spiro atoms. The van der Waals surface area contributed by atoms with Gasteiger partial charge in [0.05, 0.1) is 23.3 Å². The Kier molecular flexibility index (Phi) is 5.63. The number of anilines is 1. The number of aliphatic carboxylic acids is 1. The van der Waals surface area contributed by atoms with Crippen LogP contribution in [0.15, 0.2) is 48.5 Å². The van der Waals surface area contributed by atoms with E-state index in [1.54, 1.807) is 12.1 Å². The molecule has 1 aliphatic rings. The van der Waals surface area contributed by atoms with Crippen molar-refractivity contribution in [1.29, 1.82) is 0 Å². The third-order valence-corrected chi connectivity index (χ3v) is 6.54. The molecule has 0 saturated heterocycles. The SMILES string of the molecule is CC1(C)CC(=O)c2c(nc(Cc3ccc(NC(=O)CCC(=O)O)cc3)c3[nH]c4ccccc4c23)C1. The Labute approximate surface area is 202 Å². The highest BCUT2D eigenvalue weighted by Crippen LogP contribution is 2.40. The second-order valence-corrected chi connectivity index (χ2v) is 10.1. The van der Waals surface area contributed by atoms with Crippen molar-refractivity contribution >= 4 is 45.2 Å². The van der Waals surface area contributed by atoms with Gasteiger partial charge in [0.15, 0.2) is 5.78 Å². The largest absolute Gasteiger partial charge is 0.481 e. The Morgan fingerprint density at radius 1 is 1.06 bits per heavy atom. The number of ketones is 1. The number of aromatic amines is 1. The van der Waals surface area contributed by atoms with Crippen molar-refractivity contribution in [2.75, 3.05) is 5.32 Å². The van der Waals surface area contributed by atoms with Gasteiger partial charge in [-0.25, -0.2) is 0 Å². The lowest BCUT2D eigenvalue weighted by molar-refractivity contribution is -0.138. The van der Waals surface area contributed by atoms with Gasteiger partial charge in [0.2, 0.25) is 5.91 Å². The molecule has 2 aromatic carbocycles. The number of nitrogens with zero attached hydrogens (tertiary/aromatic N) is 1. The van der Waals surface area contributed by atoms with E-state index in [2.05, 4.69) is 24.1 Å². The Balaban J connectivity index is 1.50. The van der Waals surface area contributed by atoms with Crippen LogP contribution < -0.4 is 5.32 Å². The molecule has 1 amide bonds. The number of nitrogens with one attached hydrogen (secondary N) is 2. The molecule has 0 fully saturated rings. The van der Waals surface area contributed by atoms with Crippen molar-refractivity contribution in [3.05, 3.63) is 71.0 Å². The number of pyridine rings is 1. The van der Waals surface area contributed by atoms with Crippen molar-refractivity contribution in [2.24, 2.45) is 5.41 Å². The zero-order valence-electron chi connectivity index (χ0n) is 19.8. The molecule has 178 valence electrons. The molecule has 5 rings (SSSR count). The van der Waals surface area contributed by atoms with Crippen LogP contribution in [-0.4, -0.2) is 32.7 Å². The summed E-state index contributed by atoms with van der Waals surface area (Å²) in [6, 6.07) is 15.5. The van der Waals surface area contributed by atoms with E-state index in [0.717, 1.165) is 50.7 Å². The molecule has 4 aromatic rings. The molecule has 0 saturated carbocycles. The van der Waals surface area contributed by atoms with E-state index >= 15 is 0 Å². The third kappa shape index (κ3) is 4.54. The number of amides is 1. The number of Topliss-reactive ketones (excluding diaryl/α,β-unsaturated/α-hetero) is 1. The molecule has 35 heavy (non-hydrogen) atoms. The van der Waals surface area contributed by atoms with Gasteiger partial charge in [-0.3, -0.25) is 19.4 Å². The molecule has 0 atom stereocenters. The summed E-state index contributed by atoms with van der Waals surface area (Å²) >= 11 is 0. The van der Waals surface area contributed by atoms with Gasteiger partial charge in [-0.15, -0.1) is 0 Å². The highest BCUT2D eigenvalue weighted by atomic mass is 16.4. The van der Waals surface area contributed by atoms with E-state index in [4.69, 9.17) is 10.1 Å². The summed E-state index contributed by atoms with van der Waals surface area (Å²) in [5, 5.41) is 13.5. The second-order valence-electron chi connectivity index (χ2n) is 10.1. The number of hydrogen-bond acceptors (Lipinski definition) is 4. The van der Waals surface area contributed by atoms with Crippen LogP contribution >= 0.6 is 0 Å². The third-order valence-electron chi connectivity index (χ3n) is 6.54. The molecular weight excluding hydrogens is 442 g/mol. The number of fused-ring (bicyclic) bond motifs is 5. The van der Waals surface area contributed by atoms with Crippen LogP contribution in [0.3, 0.4) is 0 Å². The number of aromatic nitrogens is 2. The first-order chi connectivity index (χ1) is 16.7. The predicted molar refractivity (Wildman–Crippen MR) is 135 cm³/mol. The summed E-state index contributed by atoms with van der Waals surface area (Å²) in [6.45, 7) is 4.22. The maximum Gasteiger partial charge on any atom is 0.303 e. The molecule has 0 bridgehead atoms. The van der Waals surface area contributed by atoms with Gasteiger partial charge in [0.1, 0.15) is 0 Å². The minimum Gasteiger partial charge on any atom is -0.481 e. The first-order valence-corrected chi connectivity index (χ1v) is 11.8. The van der Waals surface area contributed by atoms with E-state index in [1.165, 1.54) is 0 Å². The van der Waals surface area contributed by atoms with Gasteiger partial charge in [0, 0.05) is 46.8 Å². The van der Waals surface area contributed by atoms with Crippen LogP contribution in [0.25, 0.3) is 21.8 Å². The van der Waals surface area contributed by atoms with Gasteiger partial charge in [-0.2, -0.15) is 0 Å². The van der Waals surface area contributed by atoms with Crippen molar-refractivity contribution in [1.82, 2.24) is 9.97 Å². The van der Waals surface area contributed by atoms with Gasteiger partial charge in [-0.1, -0.05) is 44.2 Å². The van der Waals surface area contributed by atoms with E-state index in [9.17, 15) is 14.4 Å². The first-order valence-electron chi connectivity index (χ1n) is 11.8. The highest BCUT2D eigenvalue weighted by Gasteiger charge is 2.34. The molecule has 2 heterocycles. The van der Waals surface area contributed by atoms with E-state index in [0.29, 0.717) is 18.5 Å². The van der Waals surface area contributed by atoms with Gasteiger partial charge in [0.25, 0.3) is 0 Å². The fraction of sp³-hybridized carbons (Fsp3) is 0.286. The number of H-pyrrole nitrogens is 1. The summed E-state index contributed by atoms with van der Waals surface area (Å²) < 4.78 is 0. The lowest BCUT2D eigenvalue weighted by Gasteiger charge is -2.30. The minimum atomic E-state index is -0.999. The van der Waals surface area contributed by atoms with Crippen LogP contribution in [0.1, 0.15) is 60.4 Å². The Hall–Kier alpha value is -4.00. The monoisotopic (exact) mass is 469 g/mol. The van der Waals surface area contributed by atoms with Crippen LogP contribution in [-0.2, 0) is 22.4 Å². The van der Waals surface area contributed by atoms with Crippen molar-refractivity contribution < 1.29 is 19.5 Å². The molecule has 3 N–H and O–H groups in total. The summed E-state index contributed by atoms with van der Waals surface area (Å²) in [5.74, 6) is -1.18. The van der Waals surface area contributed by atoms with Gasteiger partial charge >= 0.3 is 5.97 Å². The minimum absolute atomic E-state index is 0.0659.